The van der Waals surface area contributed by atoms with E-state index in [1.807, 2.05) is 12.1 Å². The molecular weight excluding hydrogens is 188 g/mol. The lowest BCUT2D eigenvalue weighted by Gasteiger charge is -2.17. The van der Waals surface area contributed by atoms with E-state index in [1.54, 1.807) is 7.11 Å². The maximum absolute atomic E-state index is 5.88. The number of fused-ring (bicyclic) bond motifs is 1. The normalized spacial score (nSPS) is 33.3. The molecule has 0 spiro atoms. The summed E-state index contributed by atoms with van der Waals surface area (Å²) in [4.78, 5) is 0. The minimum atomic E-state index is 0.0739. The molecule has 15 heavy (non-hydrogen) atoms. The Hall–Kier alpha value is -1.02. The minimum absolute atomic E-state index is 0.0739. The predicted octanol–water partition coefficient (Wildman–Crippen LogP) is 2.86. The van der Waals surface area contributed by atoms with Crippen LogP contribution >= 0.6 is 0 Å². The first kappa shape index (κ1) is 9.22. The van der Waals surface area contributed by atoms with Gasteiger partial charge in [0.05, 0.1) is 13.2 Å². The Bertz CT molecular complexity index is 357. The molecule has 0 N–H and O–H groups in total. The Morgan fingerprint density at radius 3 is 2.73 bits per heavy atom. The zero-order chi connectivity index (χ0) is 10.3. The van der Waals surface area contributed by atoms with Gasteiger partial charge in [0.2, 0.25) is 0 Å². The highest BCUT2D eigenvalue weighted by Crippen LogP contribution is 2.55. The van der Waals surface area contributed by atoms with Crippen LogP contribution in [0.1, 0.15) is 31.2 Å². The average Bonchev–Trinajstić information content (AvgIpc) is 3.05. The Morgan fingerprint density at radius 1 is 1.27 bits per heavy atom. The van der Waals surface area contributed by atoms with Crippen LogP contribution in [0.2, 0.25) is 0 Å². The Kier molecular flexibility index (Phi) is 1.99. The van der Waals surface area contributed by atoms with E-state index in [9.17, 15) is 0 Å². The minimum Gasteiger partial charge on any atom is -0.497 e. The molecule has 2 nitrogen and oxygen atoms in total. The van der Waals surface area contributed by atoms with Gasteiger partial charge in [-0.1, -0.05) is 25.0 Å². The lowest BCUT2D eigenvalue weighted by molar-refractivity contribution is 0.289. The summed E-state index contributed by atoms with van der Waals surface area (Å²) >= 11 is 0. The second-order valence-electron chi connectivity index (χ2n) is 4.47. The highest BCUT2D eigenvalue weighted by molar-refractivity contribution is 5.35. The predicted molar refractivity (Wildman–Crippen MR) is 58.0 cm³/mol. The van der Waals surface area contributed by atoms with Crippen molar-refractivity contribution in [2.45, 2.75) is 37.4 Å². The molecule has 2 atom stereocenters. The number of ether oxygens (including phenoxy) is 2. The van der Waals surface area contributed by atoms with Crippen molar-refractivity contribution >= 4 is 0 Å². The maximum Gasteiger partial charge on any atom is 0.120 e. The van der Waals surface area contributed by atoms with Gasteiger partial charge in [0, 0.05) is 0 Å². The van der Waals surface area contributed by atoms with Crippen LogP contribution in [0, 0.1) is 0 Å². The third-order valence-corrected chi connectivity index (χ3v) is 3.66. The molecule has 1 aromatic rings. The summed E-state index contributed by atoms with van der Waals surface area (Å²) < 4.78 is 11.0. The zero-order valence-electron chi connectivity index (χ0n) is 9.03. The lowest BCUT2D eigenvalue weighted by Crippen LogP contribution is -2.16. The maximum atomic E-state index is 5.88. The largest absolute Gasteiger partial charge is 0.497 e. The standard InChI is InChI=1S/C13H16O2/c1-14-11-7-5-10(6-8-11)13-9-3-2-4-12(13)15-13/h5-8,12H,2-4,9H2,1H3/t12-,13-/m1/s1. The fourth-order valence-corrected chi connectivity index (χ4v) is 2.72. The number of rotatable bonds is 2. The third kappa shape index (κ3) is 1.36. The van der Waals surface area contributed by atoms with Crippen LogP contribution in [0.15, 0.2) is 24.3 Å². The van der Waals surface area contributed by atoms with E-state index in [4.69, 9.17) is 9.47 Å². The van der Waals surface area contributed by atoms with E-state index in [2.05, 4.69) is 12.1 Å². The molecule has 0 amide bonds. The van der Waals surface area contributed by atoms with Gasteiger partial charge in [-0.15, -0.1) is 0 Å². The number of methoxy groups -OCH3 is 1. The van der Waals surface area contributed by atoms with E-state index in [1.165, 1.54) is 31.2 Å². The van der Waals surface area contributed by atoms with Gasteiger partial charge in [-0.2, -0.15) is 0 Å². The number of benzene rings is 1. The van der Waals surface area contributed by atoms with Crippen LogP contribution < -0.4 is 4.74 Å². The van der Waals surface area contributed by atoms with Crippen LogP contribution in [0.25, 0.3) is 0 Å². The summed E-state index contributed by atoms with van der Waals surface area (Å²) in [6.07, 6.45) is 5.51. The van der Waals surface area contributed by atoms with Gasteiger partial charge in [0.25, 0.3) is 0 Å². The molecule has 0 bridgehead atoms. The molecule has 1 heterocycles. The van der Waals surface area contributed by atoms with E-state index < -0.39 is 0 Å². The molecular formula is C13H16O2. The molecule has 0 radical (unpaired) electrons. The summed E-state index contributed by atoms with van der Waals surface area (Å²) in [6, 6.07) is 8.34. The third-order valence-electron chi connectivity index (χ3n) is 3.66. The molecule has 0 aromatic heterocycles. The second-order valence-corrected chi connectivity index (χ2v) is 4.47. The van der Waals surface area contributed by atoms with Gasteiger partial charge in [0.1, 0.15) is 11.4 Å². The molecule has 2 heteroatoms. The first-order valence-corrected chi connectivity index (χ1v) is 5.67. The van der Waals surface area contributed by atoms with Crippen molar-refractivity contribution < 1.29 is 9.47 Å². The summed E-state index contributed by atoms with van der Waals surface area (Å²) in [5.74, 6) is 0.920. The van der Waals surface area contributed by atoms with Crippen molar-refractivity contribution in [2.75, 3.05) is 7.11 Å². The Morgan fingerprint density at radius 2 is 2.07 bits per heavy atom. The van der Waals surface area contributed by atoms with Gasteiger partial charge >= 0.3 is 0 Å². The average molecular weight is 204 g/mol. The van der Waals surface area contributed by atoms with Gasteiger partial charge in [0.15, 0.2) is 0 Å². The summed E-state index contributed by atoms with van der Waals surface area (Å²) in [5, 5.41) is 0. The van der Waals surface area contributed by atoms with Crippen molar-refractivity contribution in [3.05, 3.63) is 29.8 Å². The molecule has 1 aliphatic carbocycles. The van der Waals surface area contributed by atoms with E-state index in [-0.39, 0.29) is 5.60 Å². The Balaban J connectivity index is 1.87. The SMILES string of the molecule is COc1ccc([C@]23CCCC[C@H]2O3)cc1. The molecule has 1 aromatic carbocycles. The molecule has 1 saturated heterocycles. The molecule has 1 saturated carbocycles. The van der Waals surface area contributed by atoms with Crippen LogP contribution in [-0.2, 0) is 10.3 Å². The Labute approximate surface area is 90.2 Å². The fraction of sp³-hybridized carbons (Fsp3) is 0.538. The fourth-order valence-electron chi connectivity index (χ4n) is 2.72. The monoisotopic (exact) mass is 204 g/mol. The highest BCUT2D eigenvalue weighted by atomic mass is 16.6. The first-order valence-electron chi connectivity index (χ1n) is 5.67. The number of hydrogen-bond donors (Lipinski definition) is 0. The van der Waals surface area contributed by atoms with Crippen LogP contribution in [0.5, 0.6) is 5.75 Å². The summed E-state index contributed by atoms with van der Waals surface area (Å²) in [5.41, 5.74) is 1.40. The highest BCUT2D eigenvalue weighted by Gasteiger charge is 2.58. The molecule has 80 valence electrons. The van der Waals surface area contributed by atoms with Gasteiger partial charge in [-0.3, -0.25) is 0 Å². The molecule has 3 rings (SSSR count). The van der Waals surface area contributed by atoms with Crippen LogP contribution in [-0.4, -0.2) is 13.2 Å². The molecule has 2 aliphatic rings. The van der Waals surface area contributed by atoms with Crippen molar-refractivity contribution in [1.29, 1.82) is 0 Å². The van der Waals surface area contributed by atoms with Gasteiger partial charge in [-0.05, 0) is 30.5 Å². The van der Waals surface area contributed by atoms with Crippen LogP contribution in [0.4, 0.5) is 0 Å². The number of epoxide rings is 1. The summed E-state index contributed by atoms with van der Waals surface area (Å²) in [7, 11) is 1.70. The molecule has 2 fully saturated rings. The topological polar surface area (TPSA) is 21.8 Å². The summed E-state index contributed by atoms with van der Waals surface area (Å²) in [6.45, 7) is 0. The van der Waals surface area contributed by atoms with E-state index in [0.717, 1.165) is 5.75 Å². The first-order chi connectivity index (χ1) is 7.35. The second kappa shape index (κ2) is 3.24. The molecule has 1 aliphatic heterocycles. The molecule has 0 unspecified atom stereocenters. The van der Waals surface area contributed by atoms with Crippen molar-refractivity contribution in [1.82, 2.24) is 0 Å². The van der Waals surface area contributed by atoms with E-state index in [0.29, 0.717) is 6.10 Å². The smallest absolute Gasteiger partial charge is 0.120 e. The van der Waals surface area contributed by atoms with Crippen molar-refractivity contribution in [3.63, 3.8) is 0 Å². The van der Waals surface area contributed by atoms with E-state index >= 15 is 0 Å². The van der Waals surface area contributed by atoms with Crippen molar-refractivity contribution in [3.8, 4) is 5.75 Å². The number of hydrogen-bond acceptors (Lipinski definition) is 2. The van der Waals surface area contributed by atoms with Crippen LogP contribution in [0.3, 0.4) is 0 Å². The van der Waals surface area contributed by atoms with Crippen molar-refractivity contribution in [2.24, 2.45) is 0 Å². The zero-order valence-corrected chi connectivity index (χ0v) is 9.03. The lowest BCUT2D eigenvalue weighted by atomic mass is 9.84. The quantitative estimate of drug-likeness (QED) is 0.691. The van der Waals surface area contributed by atoms with Gasteiger partial charge in [-0.25, -0.2) is 0 Å². The van der Waals surface area contributed by atoms with Gasteiger partial charge < -0.3 is 9.47 Å².